The molecule has 0 unspecified atom stereocenters. The molecule has 0 saturated carbocycles. The van der Waals surface area contributed by atoms with Gasteiger partial charge in [-0.25, -0.2) is 4.84 Å². The van der Waals surface area contributed by atoms with Crippen molar-refractivity contribution in [3.05, 3.63) is 53.0 Å². The second-order valence-corrected chi connectivity index (χ2v) is 5.71. The van der Waals surface area contributed by atoms with E-state index in [-0.39, 0.29) is 11.5 Å². The van der Waals surface area contributed by atoms with Crippen LogP contribution in [0.5, 0.6) is 0 Å². The van der Waals surface area contributed by atoms with Crippen molar-refractivity contribution in [3.63, 3.8) is 0 Å². The van der Waals surface area contributed by atoms with E-state index >= 15 is 0 Å². The average molecular weight is 314 g/mol. The number of hydroxylamine groups is 1. The van der Waals surface area contributed by atoms with E-state index in [4.69, 9.17) is 4.84 Å². The molecule has 0 bridgehead atoms. The molecule has 0 aliphatic heterocycles. The van der Waals surface area contributed by atoms with Crippen LogP contribution in [0.3, 0.4) is 0 Å². The van der Waals surface area contributed by atoms with Gasteiger partial charge in [0, 0.05) is 5.56 Å². The maximum Gasteiger partial charge on any atom is 0.301 e. The van der Waals surface area contributed by atoms with Gasteiger partial charge < -0.3 is 0 Å². The first kappa shape index (κ1) is 16.6. The third-order valence-corrected chi connectivity index (χ3v) is 2.74. The molecular weight excluding hydrogens is 296 g/mol. The summed E-state index contributed by atoms with van der Waals surface area (Å²) in [6.07, 6.45) is 1.69. The molecule has 1 aromatic carbocycles. The van der Waals surface area contributed by atoms with E-state index in [0.29, 0.717) is 12.0 Å². The third-order valence-electron chi connectivity index (χ3n) is 2.74. The number of rotatable bonds is 5. The van der Waals surface area contributed by atoms with E-state index < -0.39 is 11.2 Å². The molecule has 120 valence electrons. The minimum Gasteiger partial charge on any atom is -0.274 e. The molecule has 1 amide bonds. The summed E-state index contributed by atoms with van der Waals surface area (Å²) in [5, 5.41) is 8.71. The Morgan fingerprint density at radius 3 is 2.39 bits per heavy atom. The van der Waals surface area contributed by atoms with Crippen molar-refractivity contribution in [1.82, 2.24) is 14.9 Å². The molecule has 0 atom stereocenters. The van der Waals surface area contributed by atoms with E-state index in [1.807, 2.05) is 6.07 Å². The second-order valence-electron chi connectivity index (χ2n) is 5.71. The van der Waals surface area contributed by atoms with Gasteiger partial charge in [-0.1, -0.05) is 36.9 Å². The Labute approximate surface area is 133 Å². The van der Waals surface area contributed by atoms with Gasteiger partial charge >= 0.3 is 5.56 Å². The Kier molecular flexibility index (Phi) is 4.71. The van der Waals surface area contributed by atoms with E-state index in [1.165, 1.54) is 6.08 Å². The van der Waals surface area contributed by atoms with Crippen LogP contribution in [0.25, 0.3) is 17.5 Å². The van der Waals surface area contributed by atoms with E-state index in [9.17, 15) is 9.59 Å². The quantitative estimate of drug-likeness (QED) is 0.621. The fraction of sp³-hybridized carbons (Fsp3) is 0.250. The fourth-order valence-corrected chi connectivity index (χ4v) is 1.86. The molecule has 1 aromatic heterocycles. The number of hydrogen-bond donors (Lipinski definition) is 0. The molecule has 0 aliphatic rings. The van der Waals surface area contributed by atoms with Crippen LogP contribution in [0.1, 0.15) is 26.5 Å². The number of hydrogen-bond acceptors (Lipinski definition) is 5. The summed E-state index contributed by atoms with van der Waals surface area (Å²) in [7, 11) is 0. The Morgan fingerprint density at radius 2 is 1.87 bits per heavy atom. The van der Waals surface area contributed by atoms with Crippen molar-refractivity contribution in [2.75, 3.05) is 5.17 Å². The molecule has 7 heteroatoms. The van der Waals surface area contributed by atoms with Crippen LogP contribution in [-0.2, 0) is 9.63 Å². The topological polar surface area (TPSA) is 77.3 Å². The van der Waals surface area contributed by atoms with Gasteiger partial charge in [-0.2, -0.15) is 4.68 Å². The van der Waals surface area contributed by atoms with Gasteiger partial charge in [0.1, 0.15) is 0 Å². The monoisotopic (exact) mass is 314 g/mol. The summed E-state index contributed by atoms with van der Waals surface area (Å²) < 4.78 is 1.04. The molecule has 7 nitrogen and oxygen atoms in total. The van der Waals surface area contributed by atoms with Gasteiger partial charge in [-0.3, -0.25) is 9.59 Å². The van der Waals surface area contributed by atoms with Gasteiger partial charge in [-0.15, -0.1) is 15.4 Å². The Hall–Kier alpha value is -2.80. The smallest absolute Gasteiger partial charge is 0.274 e. The van der Waals surface area contributed by atoms with Crippen molar-refractivity contribution in [2.24, 2.45) is 0 Å². The Balaban J connectivity index is 2.69. The lowest BCUT2D eigenvalue weighted by atomic mass is 10.2. The van der Waals surface area contributed by atoms with Crippen molar-refractivity contribution >= 4 is 12.5 Å². The minimum absolute atomic E-state index is 0.0223. The number of carbonyl (C=O) groups excluding carboxylic acids is 1. The number of nitrogens with zero attached hydrogens (tertiary/aromatic N) is 4. The lowest BCUT2D eigenvalue weighted by Crippen LogP contribution is -2.47. The summed E-state index contributed by atoms with van der Waals surface area (Å²) in [5.41, 5.74) is -0.595. The molecule has 0 N–H and O–H groups in total. The molecule has 0 spiro atoms. The van der Waals surface area contributed by atoms with Crippen LogP contribution in [0.4, 0.5) is 0 Å². The van der Waals surface area contributed by atoms with Gasteiger partial charge in [0.15, 0.2) is 11.5 Å². The normalized spacial score (nSPS) is 11.1. The zero-order valence-electron chi connectivity index (χ0n) is 13.3. The van der Waals surface area contributed by atoms with Crippen LogP contribution >= 0.6 is 0 Å². The van der Waals surface area contributed by atoms with Crippen LogP contribution in [0, 0.1) is 0 Å². The second kappa shape index (κ2) is 6.53. The predicted molar refractivity (Wildman–Crippen MR) is 86.9 cm³/mol. The highest BCUT2D eigenvalue weighted by Gasteiger charge is 2.23. The summed E-state index contributed by atoms with van der Waals surface area (Å²) in [4.78, 5) is 29.6. The van der Waals surface area contributed by atoms with Gasteiger partial charge in [-0.05, 0) is 26.8 Å². The largest absolute Gasteiger partial charge is 0.301 e. The van der Waals surface area contributed by atoms with E-state index in [2.05, 4.69) is 16.8 Å². The van der Waals surface area contributed by atoms with E-state index in [0.717, 1.165) is 9.85 Å². The first-order valence-electron chi connectivity index (χ1n) is 6.99. The summed E-state index contributed by atoms with van der Waals surface area (Å²) in [5.74, 6) is 0.192. The summed E-state index contributed by atoms with van der Waals surface area (Å²) in [6.45, 7) is 8.82. The molecule has 0 saturated heterocycles. The first-order chi connectivity index (χ1) is 10.9. The number of benzene rings is 1. The molecule has 2 aromatic rings. The van der Waals surface area contributed by atoms with Crippen LogP contribution < -0.4 is 10.7 Å². The van der Waals surface area contributed by atoms with Crippen molar-refractivity contribution < 1.29 is 9.63 Å². The zero-order chi connectivity index (χ0) is 17.0. The van der Waals surface area contributed by atoms with Crippen LogP contribution in [-0.4, -0.2) is 26.9 Å². The molecule has 0 radical (unpaired) electrons. The van der Waals surface area contributed by atoms with Crippen molar-refractivity contribution in [1.29, 1.82) is 0 Å². The molecule has 1 heterocycles. The number of aromatic nitrogens is 3. The third kappa shape index (κ3) is 3.70. The number of amides is 1. The lowest BCUT2D eigenvalue weighted by Gasteiger charge is -2.28. The lowest BCUT2D eigenvalue weighted by molar-refractivity contribution is -0.127. The predicted octanol–water partition coefficient (Wildman–Crippen LogP) is 1.77. The van der Waals surface area contributed by atoms with Gasteiger partial charge in [0.05, 0.1) is 5.60 Å². The SMILES string of the molecule is C=Cc1nnc(-c2ccccc2)n(N(C=O)OC(C)(C)C)c1=O. The highest BCUT2D eigenvalue weighted by atomic mass is 16.7. The van der Waals surface area contributed by atoms with Crippen LogP contribution in [0.15, 0.2) is 41.7 Å². The standard InChI is InChI=1S/C16H18N4O3/c1-5-13-15(22)20(19(11-21)23-16(2,3)4)14(18-17-13)12-9-7-6-8-10-12/h5-11H,1H2,2-4H3. The molecule has 23 heavy (non-hydrogen) atoms. The fourth-order valence-electron chi connectivity index (χ4n) is 1.86. The molecule has 0 aliphatic carbocycles. The maximum absolute atomic E-state index is 12.6. The van der Waals surface area contributed by atoms with Crippen molar-refractivity contribution in [3.8, 4) is 11.4 Å². The number of carbonyl (C=O) groups is 1. The first-order valence-corrected chi connectivity index (χ1v) is 6.99. The zero-order valence-corrected chi connectivity index (χ0v) is 13.3. The van der Waals surface area contributed by atoms with E-state index in [1.54, 1.807) is 45.0 Å². The highest BCUT2D eigenvalue weighted by Crippen LogP contribution is 2.16. The highest BCUT2D eigenvalue weighted by molar-refractivity contribution is 5.62. The van der Waals surface area contributed by atoms with Gasteiger partial charge in [0.25, 0.3) is 6.41 Å². The van der Waals surface area contributed by atoms with Gasteiger partial charge in [0.2, 0.25) is 0 Å². The van der Waals surface area contributed by atoms with Crippen molar-refractivity contribution in [2.45, 2.75) is 26.4 Å². The molecule has 2 rings (SSSR count). The average Bonchev–Trinajstić information content (AvgIpc) is 2.52. The molecular formula is C16H18N4O3. The Morgan fingerprint density at radius 1 is 1.22 bits per heavy atom. The molecule has 0 fully saturated rings. The summed E-state index contributed by atoms with van der Waals surface area (Å²) in [6, 6.07) is 8.94. The minimum atomic E-state index is -0.689. The maximum atomic E-state index is 12.6. The summed E-state index contributed by atoms with van der Waals surface area (Å²) >= 11 is 0. The Bertz CT molecular complexity index is 763. The van der Waals surface area contributed by atoms with Crippen LogP contribution in [0.2, 0.25) is 0 Å².